The van der Waals surface area contributed by atoms with Crippen molar-refractivity contribution < 1.29 is 14.2 Å². The second-order valence-corrected chi connectivity index (χ2v) is 7.50. The SMILES string of the molecule is CCCCOc1ccc(N/C=C(\C#N)c2nc(-c3ccc4c(c3)OCO4)cs2)cc1. The van der Waals surface area contributed by atoms with Crippen LogP contribution in [0.4, 0.5) is 5.69 Å². The average molecular weight is 420 g/mol. The number of benzene rings is 2. The lowest BCUT2D eigenvalue weighted by atomic mass is 10.1. The molecule has 1 N–H and O–H groups in total. The van der Waals surface area contributed by atoms with Crippen LogP contribution in [-0.2, 0) is 0 Å². The number of hydrogen-bond donors (Lipinski definition) is 1. The first-order valence-electron chi connectivity index (χ1n) is 9.72. The fraction of sp³-hybridized carbons (Fsp3) is 0.217. The molecule has 1 aliphatic heterocycles. The number of allylic oxidation sites excluding steroid dienone is 1. The third-order valence-electron chi connectivity index (χ3n) is 4.53. The molecular weight excluding hydrogens is 398 g/mol. The van der Waals surface area contributed by atoms with Crippen LogP contribution in [0.5, 0.6) is 17.2 Å². The average Bonchev–Trinajstić information content (AvgIpc) is 3.45. The maximum absolute atomic E-state index is 9.58. The predicted octanol–water partition coefficient (Wildman–Crippen LogP) is 5.69. The highest BCUT2D eigenvalue weighted by Gasteiger charge is 2.16. The van der Waals surface area contributed by atoms with E-state index in [2.05, 4.69) is 23.3 Å². The van der Waals surface area contributed by atoms with Gasteiger partial charge in [-0.05, 0) is 48.9 Å². The van der Waals surface area contributed by atoms with Crippen LogP contribution in [0.15, 0.2) is 54.0 Å². The van der Waals surface area contributed by atoms with Gasteiger partial charge in [-0.25, -0.2) is 4.98 Å². The van der Waals surface area contributed by atoms with E-state index in [-0.39, 0.29) is 6.79 Å². The Balaban J connectivity index is 1.44. The highest BCUT2D eigenvalue weighted by molar-refractivity contribution is 7.11. The Hall–Kier alpha value is -3.50. The van der Waals surface area contributed by atoms with Gasteiger partial charge in [-0.2, -0.15) is 5.26 Å². The molecule has 0 atom stereocenters. The smallest absolute Gasteiger partial charge is 0.231 e. The molecule has 152 valence electrons. The highest BCUT2D eigenvalue weighted by atomic mass is 32.1. The van der Waals surface area contributed by atoms with E-state index < -0.39 is 0 Å². The van der Waals surface area contributed by atoms with Gasteiger partial charge >= 0.3 is 0 Å². The summed E-state index contributed by atoms with van der Waals surface area (Å²) in [5, 5.41) is 15.3. The summed E-state index contributed by atoms with van der Waals surface area (Å²) in [6.07, 6.45) is 3.82. The zero-order chi connectivity index (χ0) is 20.8. The van der Waals surface area contributed by atoms with Crippen molar-refractivity contribution in [1.82, 2.24) is 4.98 Å². The van der Waals surface area contributed by atoms with Crippen molar-refractivity contribution >= 4 is 22.6 Å². The third-order valence-corrected chi connectivity index (χ3v) is 5.40. The summed E-state index contributed by atoms with van der Waals surface area (Å²) >= 11 is 1.43. The van der Waals surface area contributed by atoms with Crippen LogP contribution >= 0.6 is 11.3 Å². The van der Waals surface area contributed by atoms with Crippen LogP contribution in [0.2, 0.25) is 0 Å². The Morgan fingerprint density at radius 2 is 2.07 bits per heavy atom. The second kappa shape index (κ2) is 9.33. The summed E-state index contributed by atoms with van der Waals surface area (Å²) in [6.45, 7) is 3.09. The molecule has 0 saturated heterocycles. The minimum Gasteiger partial charge on any atom is -0.494 e. The van der Waals surface area contributed by atoms with Gasteiger partial charge in [0.1, 0.15) is 22.4 Å². The zero-order valence-electron chi connectivity index (χ0n) is 16.6. The second-order valence-electron chi connectivity index (χ2n) is 6.65. The van der Waals surface area contributed by atoms with Crippen molar-refractivity contribution in [2.75, 3.05) is 18.7 Å². The predicted molar refractivity (Wildman–Crippen MR) is 118 cm³/mol. The maximum atomic E-state index is 9.58. The van der Waals surface area contributed by atoms with Crippen molar-refractivity contribution in [3.63, 3.8) is 0 Å². The number of fused-ring (bicyclic) bond motifs is 1. The molecule has 0 aliphatic carbocycles. The molecule has 0 fully saturated rings. The van der Waals surface area contributed by atoms with Crippen molar-refractivity contribution in [2.45, 2.75) is 19.8 Å². The fourth-order valence-corrected chi connectivity index (χ4v) is 3.66. The van der Waals surface area contributed by atoms with Gasteiger partial charge in [0, 0.05) is 22.8 Å². The number of ether oxygens (including phenoxy) is 3. The van der Waals surface area contributed by atoms with Gasteiger partial charge < -0.3 is 19.5 Å². The van der Waals surface area contributed by atoms with Crippen molar-refractivity contribution in [3.8, 4) is 34.6 Å². The number of nitrogens with zero attached hydrogens (tertiary/aromatic N) is 2. The lowest BCUT2D eigenvalue weighted by Gasteiger charge is -2.06. The molecule has 0 radical (unpaired) electrons. The molecule has 30 heavy (non-hydrogen) atoms. The van der Waals surface area contributed by atoms with Crippen LogP contribution in [0.3, 0.4) is 0 Å². The molecular formula is C23H21N3O3S. The molecule has 0 saturated carbocycles. The largest absolute Gasteiger partial charge is 0.494 e. The quantitative estimate of drug-likeness (QED) is 0.373. The monoisotopic (exact) mass is 419 g/mol. The lowest BCUT2D eigenvalue weighted by Crippen LogP contribution is -1.96. The Bertz CT molecular complexity index is 1080. The van der Waals surface area contributed by atoms with Crippen LogP contribution in [0.25, 0.3) is 16.8 Å². The van der Waals surface area contributed by atoms with E-state index in [0.717, 1.165) is 47.9 Å². The molecule has 2 heterocycles. The first-order chi connectivity index (χ1) is 14.8. The highest BCUT2D eigenvalue weighted by Crippen LogP contribution is 2.36. The standard InChI is InChI=1S/C23H21N3O3S/c1-2-3-10-27-19-7-5-18(6-8-19)25-13-17(12-24)23-26-20(14-30-23)16-4-9-21-22(11-16)29-15-28-21/h4-9,11,13-14,25H,2-3,10,15H2,1H3/b17-13+. The number of thiazole rings is 1. The van der Waals surface area contributed by atoms with E-state index >= 15 is 0 Å². The van der Waals surface area contributed by atoms with E-state index in [9.17, 15) is 5.26 Å². The maximum Gasteiger partial charge on any atom is 0.231 e. The van der Waals surface area contributed by atoms with Gasteiger partial charge in [0.25, 0.3) is 0 Å². The molecule has 6 nitrogen and oxygen atoms in total. The van der Waals surface area contributed by atoms with Crippen LogP contribution in [0.1, 0.15) is 24.8 Å². The van der Waals surface area contributed by atoms with Crippen molar-refractivity contribution in [3.05, 3.63) is 59.1 Å². The molecule has 4 rings (SSSR count). The molecule has 1 aromatic heterocycles. The van der Waals surface area contributed by atoms with Crippen LogP contribution in [-0.4, -0.2) is 18.4 Å². The minimum absolute atomic E-state index is 0.236. The molecule has 3 aromatic rings. The van der Waals surface area contributed by atoms with Crippen LogP contribution < -0.4 is 19.5 Å². The lowest BCUT2D eigenvalue weighted by molar-refractivity contribution is 0.174. The van der Waals surface area contributed by atoms with E-state index in [1.54, 1.807) is 6.20 Å². The minimum atomic E-state index is 0.236. The van der Waals surface area contributed by atoms with Gasteiger partial charge in [0.2, 0.25) is 6.79 Å². The third kappa shape index (κ3) is 4.56. The zero-order valence-corrected chi connectivity index (χ0v) is 17.4. The van der Waals surface area contributed by atoms with Crippen molar-refractivity contribution in [2.24, 2.45) is 0 Å². The number of anilines is 1. The van der Waals surface area contributed by atoms with Crippen molar-refractivity contribution in [1.29, 1.82) is 5.26 Å². The number of nitrogens with one attached hydrogen (secondary N) is 1. The Morgan fingerprint density at radius 3 is 2.87 bits per heavy atom. The molecule has 1 aliphatic rings. The summed E-state index contributed by atoms with van der Waals surface area (Å²) < 4.78 is 16.4. The summed E-state index contributed by atoms with van der Waals surface area (Å²) in [7, 11) is 0. The van der Waals surface area contributed by atoms with Gasteiger partial charge in [-0.15, -0.1) is 11.3 Å². The summed E-state index contributed by atoms with van der Waals surface area (Å²) in [6, 6.07) is 15.6. The number of unbranched alkanes of at least 4 members (excludes halogenated alkanes) is 1. The number of aromatic nitrogens is 1. The van der Waals surface area contributed by atoms with Gasteiger partial charge in [-0.1, -0.05) is 13.3 Å². The van der Waals surface area contributed by atoms with E-state index in [1.807, 2.05) is 47.8 Å². The first kappa shape index (κ1) is 19.8. The summed E-state index contributed by atoms with van der Waals surface area (Å²) in [5.74, 6) is 2.28. The molecule has 0 spiro atoms. The first-order valence-corrected chi connectivity index (χ1v) is 10.6. The molecule has 0 amide bonds. The summed E-state index contributed by atoms with van der Waals surface area (Å²) in [4.78, 5) is 4.62. The Morgan fingerprint density at radius 1 is 1.23 bits per heavy atom. The van der Waals surface area contributed by atoms with Gasteiger partial charge in [0.05, 0.1) is 12.3 Å². The number of rotatable bonds is 8. The van der Waals surface area contributed by atoms with Gasteiger partial charge in [0.15, 0.2) is 11.5 Å². The molecule has 0 bridgehead atoms. The topological polar surface area (TPSA) is 76.4 Å². The van der Waals surface area contributed by atoms with E-state index in [0.29, 0.717) is 16.3 Å². The normalized spacial score (nSPS) is 12.5. The molecule has 0 unspecified atom stereocenters. The Kier molecular flexibility index (Phi) is 6.16. The fourth-order valence-electron chi connectivity index (χ4n) is 2.86. The number of nitriles is 1. The summed E-state index contributed by atoms with van der Waals surface area (Å²) in [5.41, 5.74) is 3.06. The molecule has 2 aromatic carbocycles. The van der Waals surface area contributed by atoms with Gasteiger partial charge in [-0.3, -0.25) is 0 Å². The Labute approximate surface area is 179 Å². The van der Waals surface area contributed by atoms with E-state index in [1.165, 1.54) is 11.3 Å². The molecule has 7 heteroatoms. The van der Waals surface area contributed by atoms with E-state index in [4.69, 9.17) is 14.2 Å². The number of hydrogen-bond acceptors (Lipinski definition) is 7. The van der Waals surface area contributed by atoms with Crippen LogP contribution in [0, 0.1) is 11.3 Å².